The molecule has 0 bridgehead atoms. The van der Waals surface area contributed by atoms with Gasteiger partial charge in [0.05, 0.1) is 25.9 Å². The number of methoxy groups -OCH3 is 1. The van der Waals surface area contributed by atoms with E-state index in [1.165, 1.54) is 129 Å². The molecule has 0 atom stereocenters. The standard InChI is InChI=1S/C33H58O4/c1-4-6-8-10-12-14-15-16-18-20-22-24-26-37-32-28-30(33(34)35-3)27-31(29-32)36-25-23-21-19-17-13-11-9-7-5-2/h27-29H,4-26H2,1-3H3. The smallest absolute Gasteiger partial charge is 0.338 e. The second-order valence-electron chi connectivity index (χ2n) is 10.6. The Morgan fingerprint density at radius 2 is 0.838 bits per heavy atom. The number of hydrogen-bond donors (Lipinski definition) is 0. The van der Waals surface area contributed by atoms with Crippen LogP contribution in [0.2, 0.25) is 0 Å². The lowest BCUT2D eigenvalue weighted by Crippen LogP contribution is -2.05. The van der Waals surface area contributed by atoms with Crippen LogP contribution in [0.5, 0.6) is 11.5 Å². The molecular formula is C33H58O4. The van der Waals surface area contributed by atoms with Crippen molar-refractivity contribution in [1.82, 2.24) is 0 Å². The first-order valence-corrected chi connectivity index (χ1v) is 15.7. The summed E-state index contributed by atoms with van der Waals surface area (Å²) in [7, 11) is 1.41. The number of hydrogen-bond acceptors (Lipinski definition) is 4. The highest BCUT2D eigenvalue weighted by molar-refractivity contribution is 5.90. The highest BCUT2D eigenvalue weighted by Gasteiger charge is 2.11. The van der Waals surface area contributed by atoms with Gasteiger partial charge in [0.1, 0.15) is 11.5 Å². The maximum atomic E-state index is 12.1. The van der Waals surface area contributed by atoms with Crippen LogP contribution in [0.15, 0.2) is 18.2 Å². The summed E-state index contributed by atoms with van der Waals surface area (Å²) in [5, 5.41) is 0. The summed E-state index contributed by atoms with van der Waals surface area (Å²) in [6.45, 7) is 5.87. The SMILES string of the molecule is CCCCCCCCCCCCCCOc1cc(OCCCCCCCCCCC)cc(C(=O)OC)c1. The van der Waals surface area contributed by atoms with Crippen LogP contribution in [0.1, 0.15) is 159 Å². The maximum absolute atomic E-state index is 12.1. The molecule has 0 saturated carbocycles. The van der Waals surface area contributed by atoms with Gasteiger partial charge in [0, 0.05) is 6.07 Å². The van der Waals surface area contributed by atoms with Gasteiger partial charge in [-0.2, -0.15) is 0 Å². The van der Waals surface area contributed by atoms with E-state index in [-0.39, 0.29) is 5.97 Å². The maximum Gasteiger partial charge on any atom is 0.338 e. The zero-order valence-electron chi connectivity index (χ0n) is 24.6. The Morgan fingerprint density at radius 1 is 0.514 bits per heavy atom. The highest BCUT2D eigenvalue weighted by Crippen LogP contribution is 2.24. The van der Waals surface area contributed by atoms with Crippen LogP contribution in [0.25, 0.3) is 0 Å². The molecule has 0 heterocycles. The molecule has 214 valence electrons. The zero-order chi connectivity index (χ0) is 26.8. The molecule has 0 N–H and O–H groups in total. The molecule has 0 amide bonds. The predicted molar refractivity (Wildman–Crippen MR) is 157 cm³/mol. The van der Waals surface area contributed by atoms with E-state index in [1.54, 1.807) is 12.1 Å². The Bertz CT molecular complexity index is 658. The molecule has 0 spiro atoms. The van der Waals surface area contributed by atoms with Gasteiger partial charge in [0.25, 0.3) is 0 Å². The minimum absolute atomic E-state index is 0.358. The van der Waals surface area contributed by atoms with Gasteiger partial charge in [-0.1, -0.05) is 136 Å². The number of ether oxygens (including phenoxy) is 3. The summed E-state index contributed by atoms with van der Waals surface area (Å²) in [5.74, 6) is 1.02. The quantitative estimate of drug-likeness (QED) is 0.0903. The van der Waals surface area contributed by atoms with E-state index >= 15 is 0 Å². The topological polar surface area (TPSA) is 44.8 Å². The van der Waals surface area contributed by atoms with Gasteiger partial charge in [-0.3, -0.25) is 0 Å². The van der Waals surface area contributed by atoms with Crippen LogP contribution in [0, 0.1) is 0 Å². The summed E-state index contributed by atoms with van der Waals surface area (Å²) in [6.07, 6.45) is 27.5. The van der Waals surface area contributed by atoms with Crippen molar-refractivity contribution >= 4 is 5.97 Å². The van der Waals surface area contributed by atoms with Gasteiger partial charge < -0.3 is 14.2 Å². The number of unbranched alkanes of at least 4 members (excludes halogenated alkanes) is 19. The monoisotopic (exact) mass is 518 g/mol. The van der Waals surface area contributed by atoms with Crippen molar-refractivity contribution < 1.29 is 19.0 Å². The molecule has 0 fully saturated rings. The molecule has 0 aliphatic rings. The average Bonchev–Trinajstić information content (AvgIpc) is 2.91. The Labute approximate surface area is 229 Å². The zero-order valence-corrected chi connectivity index (χ0v) is 24.6. The van der Waals surface area contributed by atoms with Crippen LogP contribution >= 0.6 is 0 Å². The van der Waals surface area contributed by atoms with E-state index in [2.05, 4.69) is 13.8 Å². The fraction of sp³-hybridized carbons (Fsp3) is 0.788. The fourth-order valence-electron chi connectivity index (χ4n) is 4.71. The fourth-order valence-corrected chi connectivity index (χ4v) is 4.71. The van der Waals surface area contributed by atoms with Gasteiger partial charge >= 0.3 is 5.97 Å². The first-order chi connectivity index (χ1) is 18.2. The largest absolute Gasteiger partial charge is 0.493 e. The summed E-state index contributed by atoms with van der Waals surface area (Å²) in [6, 6.07) is 5.43. The Morgan fingerprint density at radius 3 is 1.16 bits per heavy atom. The number of carbonyl (C=O) groups is 1. The molecule has 0 aliphatic carbocycles. The Hall–Kier alpha value is -1.71. The van der Waals surface area contributed by atoms with Crippen molar-refractivity contribution in [3.63, 3.8) is 0 Å². The minimum atomic E-state index is -0.358. The Kier molecular flexibility index (Phi) is 22.2. The van der Waals surface area contributed by atoms with Gasteiger partial charge in [-0.25, -0.2) is 4.79 Å². The van der Waals surface area contributed by atoms with Crippen LogP contribution in [-0.2, 0) is 4.74 Å². The van der Waals surface area contributed by atoms with Crippen molar-refractivity contribution in [2.24, 2.45) is 0 Å². The summed E-state index contributed by atoms with van der Waals surface area (Å²) in [4.78, 5) is 12.1. The molecule has 0 aromatic heterocycles. The molecule has 1 rings (SSSR count). The molecule has 4 nitrogen and oxygen atoms in total. The molecule has 0 saturated heterocycles. The number of carbonyl (C=O) groups excluding carboxylic acids is 1. The Balaban J connectivity index is 2.21. The van der Waals surface area contributed by atoms with Crippen molar-refractivity contribution in [2.45, 2.75) is 149 Å². The normalized spacial score (nSPS) is 11.0. The van der Waals surface area contributed by atoms with E-state index in [0.717, 1.165) is 12.8 Å². The third kappa shape index (κ3) is 19.1. The van der Waals surface area contributed by atoms with E-state index in [9.17, 15) is 4.79 Å². The lowest BCUT2D eigenvalue weighted by molar-refractivity contribution is 0.0599. The molecule has 0 aliphatic heterocycles. The number of esters is 1. The third-order valence-corrected chi connectivity index (χ3v) is 7.08. The number of rotatable bonds is 26. The van der Waals surface area contributed by atoms with Crippen molar-refractivity contribution in [3.8, 4) is 11.5 Å². The van der Waals surface area contributed by atoms with E-state index in [4.69, 9.17) is 14.2 Å². The summed E-state index contributed by atoms with van der Waals surface area (Å²) in [5.41, 5.74) is 0.483. The second kappa shape index (κ2) is 24.6. The second-order valence-corrected chi connectivity index (χ2v) is 10.6. The van der Waals surface area contributed by atoms with Gasteiger partial charge in [0.2, 0.25) is 0 Å². The molecule has 0 unspecified atom stereocenters. The summed E-state index contributed by atoms with van der Waals surface area (Å²) < 4.78 is 16.9. The average molecular weight is 519 g/mol. The van der Waals surface area contributed by atoms with Crippen LogP contribution < -0.4 is 9.47 Å². The third-order valence-electron chi connectivity index (χ3n) is 7.08. The predicted octanol–water partition coefficient (Wildman–Crippen LogP) is 10.5. The molecule has 37 heavy (non-hydrogen) atoms. The first-order valence-electron chi connectivity index (χ1n) is 15.7. The molecule has 0 radical (unpaired) electrons. The van der Waals surface area contributed by atoms with Crippen LogP contribution in [0.3, 0.4) is 0 Å². The first kappa shape index (κ1) is 33.3. The van der Waals surface area contributed by atoms with Crippen molar-refractivity contribution in [1.29, 1.82) is 0 Å². The minimum Gasteiger partial charge on any atom is -0.493 e. The molecule has 4 heteroatoms. The van der Waals surface area contributed by atoms with E-state index < -0.39 is 0 Å². The highest BCUT2D eigenvalue weighted by atomic mass is 16.5. The molecule has 1 aromatic carbocycles. The lowest BCUT2D eigenvalue weighted by atomic mass is 10.1. The lowest BCUT2D eigenvalue weighted by Gasteiger charge is -2.12. The number of benzene rings is 1. The van der Waals surface area contributed by atoms with Gasteiger partial charge in [0.15, 0.2) is 0 Å². The van der Waals surface area contributed by atoms with Crippen molar-refractivity contribution in [3.05, 3.63) is 23.8 Å². The van der Waals surface area contributed by atoms with E-state index in [1.807, 2.05) is 6.07 Å². The molecular weight excluding hydrogens is 460 g/mol. The van der Waals surface area contributed by atoms with Gasteiger partial charge in [-0.05, 0) is 25.0 Å². The van der Waals surface area contributed by atoms with Crippen molar-refractivity contribution in [2.75, 3.05) is 20.3 Å². The van der Waals surface area contributed by atoms with E-state index in [0.29, 0.717) is 30.3 Å². The van der Waals surface area contributed by atoms with Crippen LogP contribution in [-0.4, -0.2) is 26.3 Å². The van der Waals surface area contributed by atoms with Crippen LogP contribution in [0.4, 0.5) is 0 Å². The molecule has 1 aromatic rings. The summed E-state index contributed by atoms with van der Waals surface area (Å²) >= 11 is 0. The van der Waals surface area contributed by atoms with Gasteiger partial charge in [-0.15, -0.1) is 0 Å².